The summed E-state index contributed by atoms with van der Waals surface area (Å²) < 4.78 is 0. The van der Waals surface area contributed by atoms with Gasteiger partial charge in [0.05, 0.1) is 6.04 Å². The molecule has 0 aromatic heterocycles. The van der Waals surface area contributed by atoms with E-state index in [9.17, 15) is 5.11 Å². The topological polar surface area (TPSA) is 44.3 Å². The molecule has 3 rings (SSSR count). The minimum Gasteiger partial charge on any atom is -0.508 e. The number of rotatable bonds is 3. The number of aromatic hydroxyl groups is 1. The third-order valence-corrected chi connectivity index (χ3v) is 5.32. The van der Waals surface area contributed by atoms with E-state index in [1.54, 1.807) is 6.07 Å². The standard InChI is InChI=1S/C22H28N2OS/c1-22(2,3)16-12-10-15(11-13-16)14-23-21(26)24-19-8-4-7-18-17(19)6-5-9-20(18)25/h5-6,9-13,19,25H,4,7-8,14H2,1-3H3,(H2,23,24,26). The average Bonchev–Trinajstić information content (AvgIpc) is 2.60. The first-order valence-electron chi connectivity index (χ1n) is 9.29. The summed E-state index contributed by atoms with van der Waals surface area (Å²) in [5.41, 5.74) is 4.93. The van der Waals surface area contributed by atoms with E-state index in [2.05, 4.69) is 61.7 Å². The summed E-state index contributed by atoms with van der Waals surface area (Å²) in [5, 5.41) is 17.4. The minimum absolute atomic E-state index is 0.161. The summed E-state index contributed by atoms with van der Waals surface area (Å²) in [6, 6.07) is 14.6. The van der Waals surface area contributed by atoms with Crippen molar-refractivity contribution in [2.45, 2.75) is 58.0 Å². The molecule has 3 N–H and O–H groups in total. The Hall–Kier alpha value is -2.07. The first-order valence-corrected chi connectivity index (χ1v) is 9.70. The molecule has 4 heteroatoms. The molecule has 1 aliphatic rings. The minimum atomic E-state index is 0.161. The van der Waals surface area contributed by atoms with E-state index < -0.39 is 0 Å². The fraction of sp³-hybridized carbons (Fsp3) is 0.409. The van der Waals surface area contributed by atoms with E-state index in [1.165, 1.54) is 11.1 Å². The molecule has 0 bridgehead atoms. The van der Waals surface area contributed by atoms with Crippen LogP contribution in [0.1, 0.15) is 61.9 Å². The molecule has 0 fully saturated rings. The molecule has 0 aliphatic heterocycles. The molecule has 3 nitrogen and oxygen atoms in total. The lowest BCUT2D eigenvalue weighted by molar-refractivity contribution is 0.449. The quantitative estimate of drug-likeness (QED) is 0.685. The Kier molecular flexibility index (Phi) is 5.52. The van der Waals surface area contributed by atoms with Crippen LogP contribution in [-0.4, -0.2) is 10.2 Å². The number of benzene rings is 2. The lowest BCUT2D eigenvalue weighted by Gasteiger charge is -2.28. The van der Waals surface area contributed by atoms with Crippen molar-refractivity contribution >= 4 is 17.3 Å². The number of fused-ring (bicyclic) bond motifs is 1. The average molecular weight is 369 g/mol. The summed E-state index contributed by atoms with van der Waals surface area (Å²) in [5.74, 6) is 0.395. The van der Waals surface area contributed by atoms with Crippen molar-refractivity contribution in [3.05, 3.63) is 64.7 Å². The molecule has 0 heterocycles. The Labute approximate surface area is 161 Å². The highest BCUT2D eigenvalue weighted by Gasteiger charge is 2.22. The highest BCUT2D eigenvalue weighted by Crippen LogP contribution is 2.34. The molecule has 1 atom stereocenters. The molecule has 0 amide bonds. The van der Waals surface area contributed by atoms with Crippen molar-refractivity contribution in [3.8, 4) is 5.75 Å². The Morgan fingerprint density at radius 2 is 1.88 bits per heavy atom. The monoisotopic (exact) mass is 368 g/mol. The van der Waals surface area contributed by atoms with Crippen LogP contribution in [0.4, 0.5) is 0 Å². The fourth-order valence-electron chi connectivity index (χ4n) is 3.49. The number of hydrogen-bond donors (Lipinski definition) is 3. The van der Waals surface area contributed by atoms with Gasteiger partial charge >= 0.3 is 0 Å². The summed E-state index contributed by atoms with van der Waals surface area (Å²) in [7, 11) is 0. The largest absolute Gasteiger partial charge is 0.508 e. The molecule has 0 saturated heterocycles. The SMILES string of the molecule is CC(C)(C)c1ccc(CNC(=S)NC2CCCc3c(O)cccc32)cc1. The van der Waals surface area contributed by atoms with Crippen LogP contribution in [0.5, 0.6) is 5.75 Å². The zero-order chi connectivity index (χ0) is 18.7. The van der Waals surface area contributed by atoms with E-state index >= 15 is 0 Å². The highest BCUT2D eigenvalue weighted by molar-refractivity contribution is 7.80. The summed E-state index contributed by atoms with van der Waals surface area (Å²) >= 11 is 5.50. The maximum atomic E-state index is 10.1. The molecule has 26 heavy (non-hydrogen) atoms. The summed E-state index contributed by atoms with van der Waals surface area (Å²) in [6.45, 7) is 7.37. The molecule has 0 saturated carbocycles. The van der Waals surface area contributed by atoms with Crippen LogP contribution in [0.3, 0.4) is 0 Å². The van der Waals surface area contributed by atoms with Gasteiger partial charge in [0.25, 0.3) is 0 Å². The van der Waals surface area contributed by atoms with Crippen molar-refractivity contribution in [1.29, 1.82) is 0 Å². The van der Waals surface area contributed by atoms with Crippen LogP contribution < -0.4 is 10.6 Å². The molecule has 0 spiro atoms. The van der Waals surface area contributed by atoms with Crippen LogP contribution in [0.15, 0.2) is 42.5 Å². The summed E-state index contributed by atoms with van der Waals surface area (Å²) in [4.78, 5) is 0. The molecule has 0 radical (unpaired) electrons. The maximum Gasteiger partial charge on any atom is 0.167 e. The van der Waals surface area contributed by atoms with E-state index in [0.29, 0.717) is 17.4 Å². The third-order valence-electron chi connectivity index (χ3n) is 5.06. The van der Waals surface area contributed by atoms with Crippen LogP contribution in [0, 0.1) is 0 Å². The van der Waals surface area contributed by atoms with Gasteiger partial charge in [0, 0.05) is 6.54 Å². The maximum absolute atomic E-state index is 10.1. The number of phenolic OH excluding ortho intramolecular Hbond substituents is 1. The first kappa shape index (κ1) is 18.7. The molecule has 138 valence electrons. The van der Waals surface area contributed by atoms with Gasteiger partial charge in [0.2, 0.25) is 0 Å². The smallest absolute Gasteiger partial charge is 0.167 e. The van der Waals surface area contributed by atoms with E-state index in [-0.39, 0.29) is 11.5 Å². The van der Waals surface area contributed by atoms with Gasteiger partial charge in [-0.1, -0.05) is 57.2 Å². The first-order chi connectivity index (χ1) is 12.3. The molecule has 1 unspecified atom stereocenters. The Balaban J connectivity index is 1.58. The van der Waals surface area contributed by atoms with Crippen molar-refractivity contribution in [3.63, 3.8) is 0 Å². The van der Waals surface area contributed by atoms with Gasteiger partial charge in [-0.05, 0) is 65.2 Å². The lowest BCUT2D eigenvalue weighted by Crippen LogP contribution is -2.38. The highest BCUT2D eigenvalue weighted by atomic mass is 32.1. The number of thiocarbonyl (C=S) groups is 1. The zero-order valence-corrected chi connectivity index (χ0v) is 16.6. The molecule has 1 aliphatic carbocycles. The number of hydrogen-bond acceptors (Lipinski definition) is 2. The second-order valence-electron chi connectivity index (χ2n) is 8.06. The Bertz CT molecular complexity index is 778. The van der Waals surface area contributed by atoms with Crippen molar-refractivity contribution in [2.24, 2.45) is 0 Å². The Morgan fingerprint density at radius 3 is 2.58 bits per heavy atom. The van der Waals surface area contributed by atoms with Gasteiger partial charge in [-0.3, -0.25) is 0 Å². The number of nitrogens with one attached hydrogen (secondary N) is 2. The van der Waals surface area contributed by atoms with Gasteiger partial charge in [0.15, 0.2) is 5.11 Å². The van der Waals surface area contributed by atoms with E-state index in [1.807, 2.05) is 6.07 Å². The summed E-state index contributed by atoms with van der Waals surface area (Å²) in [6.07, 6.45) is 3.01. The number of phenols is 1. The molecule has 2 aromatic rings. The van der Waals surface area contributed by atoms with Crippen molar-refractivity contribution in [1.82, 2.24) is 10.6 Å². The van der Waals surface area contributed by atoms with Crippen LogP contribution in [-0.2, 0) is 18.4 Å². The fourth-order valence-corrected chi connectivity index (χ4v) is 3.71. The van der Waals surface area contributed by atoms with E-state index in [0.717, 1.165) is 30.4 Å². The van der Waals surface area contributed by atoms with E-state index in [4.69, 9.17) is 12.2 Å². The molecular weight excluding hydrogens is 340 g/mol. The van der Waals surface area contributed by atoms with Gasteiger partial charge < -0.3 is 15.7 Å². The lowest BCUT2D eigenvalue weighted by atomic mass is 9.87. The third kappa shape index (κ3) is 4.36. The van der Waals surface area contributed by atoms with Gasteiger partial charge in [-0.2, -0.15) is 0 Å². The van der Waals surface area contributed by atoms with Crippen molar-refractivity contribution in [2.75, 3.05) is 0 Å². The van der Waals surface area contributed by atoms with Crippen LogP contribution in [0.25, 0.3) is 0 Å². The second-order valence-corrected chi connectivity index (χ2v) is 8.47. The van der Waals surface area contributed by atoms with Crippen LogP contribution in [0.2, 0.25) is 0 Å². The normalized spacial score (nSPS) is 16.7. The Morgan fingerprint density at radius 1 is 1.15 bits per heavy atom. The van der Waals surface area contributed by atoms with Crippen molar-refractivity contribution < 1.29 is 5.11 Å². The predicted molar refractivity (Wildman–Crippen MR) is 112 cm³/mol. The predicted octanol–water partition coefficient (Wildman–Crippen LogP) is 4.73. The van der Waals surface area contributed by atoms with Crippen LogP contribution >= 0.6 is 12.2 Å². The van der Waals surface area contributed by atoms with Gasteiger partial charge in [0.1, 0.15) is 5.75 Å². The molecular formula is C22H28N2OS. The zero-order valence-electron chi connectivity index (χ0n) is 15.8. The second kappa shape index (κ2) is 7.67. The van der Waals surface area contributed by atoms with Gasteiger partial charge in [-0.25, -0.2) is 0 Å². The molecule has 2 aromatic carbocycles. The van der Waals surface area contributed by atoms with Gasteiger partial charge in [-0.15, -0.1) is 0 Å².